The van der Waals surface area contributed by atoms with E-state index >= 15 is 0 Å². The zero-order valence-corrected chi connectivity index (χ0v) is 10.1. The molecular weight excluding hydrogens is 236 g/mol. The lowest BCUT2D eigenvalue weighted by molar-refractivity contribution is -0.118. The maximum Gasteiger partial charge on any atom is 0.234 e. The third-order valence-corrected chi connectivity index (χ3v) is 2.29. The van der Waals surface area contributed by atoms with Gasteiger partial charge in [-0.1, -0.05) is 12.1 Å². The first-order valence-corrected chi connectivity index (χ1v) is 5.43. The predicted molar refractivity (Wildman–Crippen MR) is 60.9 cm³/mol. The van der Waals surface area contributed by atoms with Crippen LogP contribution in [0.1, 0.15) is 19.2 Å². The lowest BCUT2D eigenvalue weighted by Gasteiger charge is -1.97. The zero-order valence-electron chi connectivity index (χ0n) is 10.1. The van der Waals surface area contributed by atoms with Crippen LogP contribution < -0.4 is 4.74 Å². The SMILES string of the molecule is CCC(=O)Cc1nc(-c2cc(OC)ncn2)no1. The number of rotatable bonds is 5. The molecule has 0 aliphatic heterocycles. The summed E-state index contributed by atoms with van der Waals surface area (Å²) in [7, 11) is 1.51. The summed E-state index contributed by atoms with van der Waals surface area (Å²) in [5.41, 5.74) is 0.487. The molecule has 0 fully saturated rings. The van der Waals surface area contributed by atoms with Gasteiger partial charge in [-0.15, -0.1) is 0 Å². The van der Waals surface area contributed by atoms with Crippen LogP contribution in [0.25, 0.3) is 11.5 Å². The number of ketones is 1. The summed E-state index contributed by atoms with van der Waals surface area (Å²) in [5.74, 6) is 1.06. The van der Waals surface area contributed by atoms with Crippen LogP contribution >= 0.6 is 0 Å². The molecule has 0 aliphatic rings. The van der Waals surface area contributed by atoms with Crippen molar-refractivity contribution in [3.05, 3.63) is 18.3 Å². The number of ether oxygens (including phenoxy) is 1. The van der Waals surface area contributed by atoms with Crippen LogP contribution in [0, 0.1) is 0 Å². The minimum atomic E-state index is 0.0467. The highest BCUT2D eigenvalue weighted by Crippen LogP contribution is 2.16. The van der Waals surface area contributed by atoms with Crippen LogP contribution in [0.2, 0.25) is 0 Å². The Hall–Kier alpha value is -2.31. The summed E-state index contributed by atoms with van der Waals surface area (Å²) in [6.45, 7) is 1.79. The molecule has 94 valence electrons. The first-order chi connectivity index (χ1) is 8.72. The smallest absolute Gasteiger partial charge is 0.234 e. The number of methoxy groups -OCH3 is 1. The van der Waals surface area contributed by atoms with E-state index in [2.05, 4.69) is 20.1 Å². The van der Waals surface area contributed by atoms with Crippen LogP contribution in [-0.2, 0) is 11.2 Å². The van der Waals surface area contributed by atoms with Gasteiger partial charge in [0.25, 0.3) is 0 Å². The van der Waals surface area contributed by atoms with Crippen molar-refractivity contribution in [3.63, 3.8) is 0 Å². The molecule has 0 N–H and O–H groups in total. The number of Topliss-reactive ketones (excluding diaryl/α,β-unsaturated/α-hetero) is 1. The molecule has 7 nitrogen and oxygen atoms in total. The fourth-order valence-corrected chi connectivity index (χ4v) is 1.30. The Balaban J connectivity index is 2.20. The Morgan fingerprint density at radius 2 is 2.28 bits per heavy atom. The maximum atomic E-state index is 11.3. The third kappa shape index (κ3) is 2.68. The van der Waals surface area contributed by atoms with Crippen LogP contribution in [0.5, 0.6) is 5.88 Å². The number of hydrogen-bond donors (Lipinski definition) is 0. The van der Waals surface area contributed by atoms with Crippen molar-refractivity contribution >= 4 is 5.78 Å². The summed E-state index contributed by atoms with van der Waals surface area (Å²) < 4.78 is 9.96. The van der Waals surface area contributed by atoms with Crippen molar-refractivity contribution in [2.75, 3.05) is 7.11 Å². The molecule has 0 saturated heterocycles. The Morgan fingerprint density at radius 3 is 3.00 bits per heavy atom. The van der Waals surface area contributed by atoms with Gasteiger partial charge in [0.1, 0.15) is 17.8 Å². The van der Waals surface area contributed by atoms with Gasteiger partial charge in [-0.2, -0.15) is 4.98 Å². The molecule has 0 amide bonds. The quantitative estimate of drug-likeness (QED) is 0.781. The lowest BCUT2D eigenvalue weighted by atomic mass is 10.2. The zero-order chi connectivity index (χ0) is 13.0. The van der Waals surface area contributed by atoms with E-state index in [1.807, 2.05) is 0 Å². The molecule has 18 heavy (non-hydrogen) atoms. The van der Waals surface area contributed by atoms with Gasteiger partial charge < -0.3 is 9.26 Å². The van der Waals surface area contributed by atoms with Crippen LogP contribution in [0.4, 0.5) is 0 Å². The molecule has 0 spiro atoms. The number of carbonyl (C=O) groups excluding carboxylic acids is 1. The van der Waals surface area contributed by atoms with E-state index in [1.54, 1.807) is 13.0 Å². The van der Waals surface area contributed by atoms with E-state index in [0.717, 1.165) is 0 Å². The fraction of sp³-hybridized carbons (Fsp3) is 0.364. The first kappa shape index (κ1) is 12.2. The van der Waals surface area contributed by atoms with Gasteiger partial charge in [0.2, 0.25) is 17.6 Å². The molecule has 7 heteroatoms. The Labute approximate surface area is 103 Å². The monoisotopic (exact) mass is 248 g/mol. The Kier molecular flexibility index (Phi) is 3.61. The molecule has 2 aromatic heterocycles. The van der Waals surface area contributed by atoms with Gasteiger partial charge in [-0.05, 0) is 0 Å². The predicted octanol–water partition coefficient (Wildman–Crippen LogP) is 1.06. The molecule has 0 bridgehead atoms. The summed E-state index contributed by atoms with van der Waals surface area (Å²) in [6.07, 6.45) is 1.94. The topological polar surface area (TPSA) is 91.0 Å². The van der Waals surface area contributed by atoms with E-state index in [-0.39, 0.29) is 18.1 Å². The van der Waals surface area contributed by atoms with Crippen LogP contribution in [-0.4, -0.2) is 33.0 Å². The minimum Gasteiger partial charge on any atom is -0.481 e. The molecule has 2 rings (SSSR count). The molecule has 0 aliphatic carbocycles. The molecule has 0 unspecified atom stereocenters. The van der Waals surface area contributed by atoms with Crippen molar-refractivity contribution in [1.82, 2.24) is 20.1 Å². The van der Waals surface area contributed by atoms with E-state index in [4.69, 9.17) is 9.26 Å². The van der Waals surface area contributed by atoms with E-state index in [9.17, 15) is 4.79 Å². The second-order valence-electron chi connectivity index (χ2n) is 3.53. The molecule has 0 radical (unpaired) electrons. The van der Waals surface area contributed by atoms with Gasteiger partial charge in [-0.25, -0.2) is 9.97 Å². The van der Waals surface area contributed by atoms with Crippen LogP contribution in [0.3, 0.4) is 0 Å². The molecule has 0 atom stereocenters. The highest BCUT2D eigenvalue weighted by Gasteiger charge is 2.13. The second-order valence-corrected chi connectivity index (χ2v) is 3.53. The van der Waals surface area contributed by atoms with Gasteiger partial charge in [0.15, 0.2) is 0 Å². The average Bonchev–Trinajstić information content (AvgIpc) is 2.87. The second kappa shape index (κ2) is 5.35. The standard InChI is InChI=1S/C11H12N4O3/c1-3-7(16)4-10-14-11(15-18-10)8-5-9(17-2)13-6-12-8/h5-6H,3-4H2,1-2H3. The molecule has 2 heterocycles. The third-order valence-electron chi connectivity index (χ3n) is 2.29. The Bertz CT molecular complexity index is 553. The summed E-state index contributed by atoms with van der Waals surface area (Å²) in [5, 5.41) is 3.77. The number of nitrogens with zero attached hydrogens (tertiary/aromatic N) is 4. The van der Waals surface area contributed by atoms with Gasteiger partial charge in [-0.3, -0.25) is 4.79 Å². The normalized spacial score (nSPS) is 10.3. The molecule has 2 aromatic rings. The van der Waals surface area contributed by atoms with Crippen molar-refractivity contribution in [2.45, 2.75) is 19.8 Å². The summed E-state index contributed by atoms with van der Waals surface area (Å²) in [6, 6.07) is 1.59. The maximum absolute atomic E-state index is 11.3. The fourth-order valence-electron chi connectivity index (χ4n) is 1.30. The first-order valence-electron chi connectivity index (χ1n) is 5.43. The Morgan fingerprint density at radius 1 is 1.44 bits per heavy atom. The summed E-state index contributed by atoms with van der Waals surface area (Å²) in [4.78, 5) is 23.2. The lowest BCUT2D eigenvalue weighted by Crippen LogP contribution is -2.00. The van der Waals surface area contributed by atoms with Gasteiger partial charge in [0, 0.05) is 12.5 Å². The largest absolute Gasteiger partial charge is 0.481 e. The number of hydrogen-bond acceptors (Lipinski definition) is 7. The highest BCUT2D eigenvalue weighted by atomic mass is 16.5. The van der Waals surface area contributed by atoms with Crippen molar-refractivity contribution < 1.29 is 14.1 Å². The van der Waals surface area contributed by atoms with E-state index < -0.39 is 0 Å². The van der Waals surface area contributed by atoms with Crippen molar-refractivity contribution in [3.8, 4) is 17.4 Å². The highest BCUT2D eigenvalue weighted by molar-refractivity contribution is 5.79. The number of carbonyl (C=O) groups is 1. The minimum absolute atomic E-state index is 0.0467. The number of aromatic nitrogens is 4. The van der Waals surface area contributed by atoms with Gasteiger partial charge >= 0.3 is 0 Å². The molecule has 0 aromatic carbocycles. The van der Waals surface area contributed by atoms with Gasteiger partial charge in [0.05, 0.1) is 13.5 Å². The molecular formula is C11H12N4O3. The summed E-state index contributed by atoms with van der Waals surface area (Å²) >= 11 is 0. The van der Waals surface area contributed by atoms with Crippen molar-refractivity contribution in [1.29, 1.82) is 0 Å². The van der Waals surface area contributed by atoms with Crippen LogP contribution in [0.15, 0.2) is 16.9 Å². The average molecular weight is 248 g/mol. The molecule has 0 saturated carbocycles. The van der Waals surface area contributed by atoms with E-state index in [0.29, 0.717) is 23.8 Å². The van der Waals surface area contributed by atoms with E-state index in [1.165, 1.54) is 13.4 Å². The van der Waals surface area contributed by atoms with Crippen molar-refractivity contribution in [2.24, 2.45) is 0 Å².